The van der Waals surface area contributed by atoms with Crippen LogP contribution in [0.25, 0.3) is 0 Å². The maximum absolute atomic E-state index is 4.54. The van der Waals surface area contributed by atoms with Crippen LogP contribution in [-0.2, 0) is 0 Å². The number of nitrogens with zero attached hydrogens (tertiary/aromatic N) is 3. The van der Waals surface area contributed by atoms with Gasteiger partial charge in [0.1, 0.15) is 5.82 Å². The van der Waals surface area contributed by atoms with E-state index >= 15 is 0 Å². The van der Waals surface area contributed by atoms with Crippen molar-refractivity contribution in [2.45, 2.75) is 19.9 Å². The number of pyridine rings is 1. The molecule has 2 heterocycles. The molecule has 1 aliphatic rings. The van der Waals surface area contributed by atoms with Gasteiger partial charge in [-0.1, -0.05) is 0 Å². The predicted molar refractivity (Wildman–Crippen MR) is 71.0 cm³/mol. The zero-order valence-corrected chi connectivity index (χ0v) is 11.7. The lowest BCUT2D eigenvalue weighted by atomic mass is 10.1. The Bertz CT molecular complexity index is 381. The Labute approximate surface area is 106 Å². The summed E-state index contributed by atoms with van der Waals surface area (Å²) in [7, 11) is 2.18. The minimum Gasteiger partial charge on any atom is -0.351 e. The van der Waals surface area contributed by atoms with Crippen molar-refractivity contribution >= 4 is 21.7 Å². The summed E-state index contributed by atoms with van der Waals surface area (Å²) in [5.74, 6) is 1.13. The number of aryl methyl sites for hydroxylation is 1. The average Bonchev–Trinajstić information content (AvgIpc) is 2.19. The van der Waals surface area contributed by atoms with Crippen molar-refractivity contribution in [3.8, 4) is 0 Å². The second-order valence-electron chi connectivity index (χ2n) is 4.60. The first kappa shape index (κ1) is 11.9. The van der Waals surface area contributed by atoms with Crippen molar-refractivity contribution in [2.75, 3.05) is 31.6 Å². The molecule has 1 fully saturated rings. The largest absolute Gasteiger partial charge is 0.351 e. The first-order chi connectivity index (χ1) is 7.58. The van der Waals surface area contributed by atoms with Gasteiger partial charge in [0.05, 0.1) is 0 Å². The van der Waals surface area contributed by atoms with Crippen LogP contribution in [0, 0.1) is 6.92 Å². The van der Waals surface area contributed by atoms with Gasteiger partial charge in [-0.05, 0) is 48.5 Å². The summed E-state index contributed by atoms with van der Waals surface area (Å²) < 4.78 is 1.05. The summed E-state index contributed by atoms with van der Waals surface area (Å²) in [5, 5.41) is 0. The molecule has 0 bridgehead atoms. The van der Waals surface area contributed by atoms with E-state index in [4.69, 9.17) is 0 Å². The van der Waals surface area contributed by atoms with Crippen molar-refractivity contribution in [3.05, 3.63) is 22.3 Å². The summed E-state index contributed by atoms with van der Waals surface area (Å²) in [5.41, 5.74) is 1.24. The minimum absolute atomic E-state index is 0.533. The molecule has 0 aliphatic carbocycles. The number of anilines is 1. The average molecular weight is 284 g/mol. The highest BCUT2D eigenvalue weighted by Crippen LogP contribution is 2.23. The highest BCUT2D eigenvalue weighted by atomic mass is 79.9. The van der Waals surface area contributed by atoms with Crippen molar-refractivity contribution in [1.82, 2.24) is 9.88 Å². The lowest BCUT2D eigenvalue weighted by Gasteiger charge is -2.39. The van der Waals surface area contributed by atoms with Crippen LogP contribution in [0.4, 0.5) is 5.82 Å². The minimum atomic E-state index is 0.533. The number of hydrogen-bond acceptors (Lipinski definition) is 3. The molecule has 1 aromatic heterocycles. The SMILES string of the molecule is Cc1cc(Br)cnc1N1CCN(C)CC1C. The summed E-state index contributed by atoms with van der Waals surface area (Å²) >= 11 is 3.46. The maximum Gasteiger partial charge on any atom is 0.131 e. The van der Waals surface area contributed by atoms with Crippen LogP contribution >= 0.6 is 15.9 Å². The molecule has 3 nitrogen and oxygen atoms in total. The molecule has 0 spiro atoms. The van der Waals surface area contributed by atoms with Crippen LogP contribution in [0.5, 0.6) is 0 Å². The summed E-state index contributed by atoms with van der Waals surface area (Å²) in [6.07, 6.45) is 1.88. The van der Waals surface area contributed by atoms with Gasteiger partial charge < -0.3 is 9.80 Å². The van der Waals surface area contributed by atoms with Crippen molar-refractivity contribution in [3.63, 3.8) is 0 Å². The number of hydrogen-bond donors (Lipinski definition) is 0. The molecule has 0 N–H and O–H groups in total. The molecular formula is C12H18BrN3. The molecule has 0 aromatic carbocycles. The summed E-state index contributed by atoms with van der Waals surface area (Å²) in [6.45, 7) is 7.67. The Hall–Kier alpha value is -0.610. The van der Waals surface area contributed by atoms with Crippen LogP contribution < -0.4 is 4.90 Å². The molecule has 0 radical (unpaired) electrons. The molecule has 88 valence electrons. The fraction of sp³-hybridized carbons (Fsp3) is 0.583. The summed E-state index contributed by atoms with van der Waals surface area (Å²) in [6, 6.07) is 2.67. The quantitative estimate of drug-likeness (QED) is 0.789. The Kier molecular flexibility index (Phi) is 3.50. The number of likely N-dealkylation sites (N-methyl/N-ethyl adjacent to an activating group) is 1. The molecule has 0 amide bonds. The molecule has 16 heavy (non-hydrogen) atoms. The van der Waals surface area contributed by atoms with E-state index in [1.165, 1.54) is 5.56 Å². The fourth-order valence-electron chi connectivity index (χ4n) is 2.29. The molecule has 1 atom stereocenters. The van der Waals surface area contributed by atoms with Crippen LogP contribution in [0.15, 0.2) is 16.7 Å². The van der Waals surface area contributed by atoms with Gasteiger partial charge in [-0.25, -0.2) is 4.98 Å². The Morgan fingerprint density at radius 3 is 2.81 bits per heavy atom. The van der Waals surface area contributed by atoms with Crippen LogP contribution in [0.1, 0.15) is 12.5 Å². The lowest BCUT2D eigenvalue weighted by Crippen LogP contribution is -2.51. The van der Waals surface area contributed by atoms with Gasteiger partial charge in [0, 0.05) is 36.3 Å². The maximum atomic E-state index is 4.54. The van der Waals surface area contributed by atoms with E-state index in [1.54, 1.807) is 0 Å². The number of halogens is 1. The Balaban J connectivity index is 2.23. The molecule has 4 heteroatoms. The monoisotopic (exact) mass is 283 g/mol. The molecular weight excluding hydrogens is 266 g/mol. The van der Waals surface area contributed by atoms with Gasteiger partial charge in [0.2, 0.25) is 0 Å². The fourth-order valence-corrected chi connectivity index (χ4v) is 2.73. The zero-order valence-electron chi connectivity index (χ0n) is 10.1. The van der Waals surface area contributed by atoms with E-state index in [-0.39, 0.29) is 0 Å². The topological polar surface area (TPSA) is 19.4 Å². The number of piperazine rings is 1. The van der Waals surface area contributed by atoms with Gasteiger partial charge in [0.15, 0.2) is 0 Å². The first-order valence-corrected chi connectivity index (χ1v) is 6.44. The Morgan fingerprint density at radius 2 is 2.19 bits per heavy atom. The van der Waals surface area contributed by atoms with E-state index in [9.17, 15) is 0 Å². The molecule has 1 unspecified atom stereocenters. The standard InChI is InChI=1S/C12H18BrN3/c1-9-6-11(13)7-14-12(9)16-5-4-15(3)8-10(16)2/h6-7,10H,4-5,8H2,1-3H3. The summed E-state index contributed by atoms with van der Waals surface area (Å²) in [4.78, 5) is 9.31. The molecule has 1 saturated heterocycles. The van der Waals surface area contributed by atoms with E-state index in [0.29, 0.717) is 6.04 Å². The van der Waals surface area contributed by atoms with Gasteiger partial charge in [-0.2, -0.15) is 0 Å². The van der Waals surface area contributed by atoms with E-state index < -0.39 is 0 Å². The van der Waals surface area contributed by atoms with Gasteiger partial charge in [-0.15, -0.1) is 0 Å². The van der Waals surface area contributed by atoms with Gasteiger partial charge in [0.25, 0.3) is 0 Å². The third-order valence-electron chi connectivity index (χ3n) is 3.12. The number of aromatic nitrogens is 1. The second kappa shape index (κ2) is 4.72. The smallest absolute Gasteiger partial charge is 0.131 e. The highest BCUT2D eigenvalue weighted by Gasteiger charge is 2.23. The molecule has 2 rings (SSSR count). The van der Waals surface area contributed by atoms with Crippen molar-refractivity contribution < 1.29 is 0 Å². The van der Waals surface area contributed by atoms with E-state index in [0.717, 1.165) is 29.9 Å². The molecule has 1 aliphatic heterocycles. The third-order valence-corrected chi connectivity index (χ3v) is 3.55. The van der Waals surface area contributed by atoms with E-state index in [1.807, 2.05) is 6.20 Å². The van der Waals surface area contributed by atoms with Crippen LogP contribution in [0.2, 0.25) is 0 Å². The number of rotatable bonds is 1. The first-order valence-electron chi connectivity index (χ1n) is 5.65. The zero-order chi connectivity index (χ0) is 11.7. The third kappa shape index (κ3) is 2.38. The molecule has 1 aromatic rings. The van der Waals surface area contributed by atoms with Crippen molar-refractivity contribution in [1.29, 1.82) is 0 Å². The molecule has 0 saturated carbocycles. The van der Waals surface area contributed by atoms with Crippen molar-refractivity contribution in [2.24, 2.45) is 0 Å². The normalized spacial score (nSPS) is 22.5. The van der Waals surface area contributed by atoms with Gasteiger partial charge in [-0.3, -0.25) is 0 Å². The van der Waals surface area contributed by atoms with Crippen LogP contribution in [-0.4, -0.2) is 42.6 Å². The van der Waals surface area contributed by atoms with Crippen LogP contribution in [0.3, 0.4) is 0 Å². The Morgan fingerprint density at radius 1 is 1.44 bits per heavy atom. The predicted octanol–water partition coefficient (Wildman–Crippen LogP) is 2.29. The lowest BCUT2D eigenvalue weighted by molar-refractivity contribution is 0.274. The second-order valence-corrected chi connectivity index (χ2v) is 5.51. The van der Waals surface area contributed by atoms with E-state index in [2.05, 4.69) is 57.7 Å². The van der Waals surface area contributed by atoms with Gasteiger partial charge >= 0.3 is 0 Å². The highest BCUT2D eigenvalue weighted by molar-refractivity contribution is 9.10.